The molecule has 3 N–H and O–H groups in total. The average Bonchev–Trinajstić information content (AvgIpc) is 3.10. The second-order valence-corrected chi connectivity index (χ2v) is 6.04. The Bertz CT molecular complexity index is 468. The Morgan fingerprint density at radius 3 is 2.90 bits per heavy atom. The van der Waals surface area contributed by atoms with Crippen LogP contribution in [-0.2, 0) is 4.74 Å². The number of rotatable bonds is 7. The molecule has 1 amide bonds. The third-order valence-electron chi connectivity index (χ3n) is 3.66. The van der Waals surface area contributed by atoms with Crippen LogP contribution in [0.1, 0.15) is 42.8 Å². The van der Waals surface area contributed by atoms with Gasteiger partial charge in [-0.05, 0) is 33.1 Å². The predicted molar refractivity (Wildman–Crippen MR) is 86.0 cm³/mol. The van der Waals surface area contributed by atoms with Crippen LogP contribution < -0.4 is 16.0 Å². The second-order valence-electron chi connectivity index (χ2n) is 5.06. The normalized spacial score (nSPS) is 17.9. The van der Waals surface area contributed by atoms with E-state index in [1.54, 1.807) is 0 Å². The minimum atomic E-state index is -0.138. The van der Waals surface area contributed by atoms with Gasteiger partial charge in [0, 0.05) is 26.2 Å². The summed E-state index contributed by atoms with van der Waals surface area (Å²) in [6.07, 6.45) is 3.35. The second kappa shape index (κ2) is 7.61. The number of carbonyl (C=O) groups is 1. The number of hydrogen-bond donors (Lipinski definition) is 2. The molecule has 7 heteroatoms. The van der Waals surface area contributed by atoms with Gasteiger partial charge in [0.2, 0.25) is 0 Å². The number of nitrogen functional groups attached to an aromatic ring is 1. The number of amides is 1. The molecule has 1 aliphatic rings. The predicted octanol–water partition coefficient (Wildman–Crippen LogP) is 1.87. The highest BCUT2D eigenvalue weighted by Crippen LogP contribution is 2.27. The Morgan fingerprint density at radius 1 is 1.52 bits per heavy atom. The largest absolute Gasteiger partial charge is 0.382 e. The lowest BCUT2D eigenvalue weighted by Gasteiger charge is -2.16. The van der Waals surface area contributed by atoms with E-state index in [-0.39, 0.29) is 12.0 Å². The number of carbonyl (C=O) groups excluding carboxylic acids is 1. The van der Waals surface area contributed by atoms with Crippen LogP contribution in [0.4, 0.5) is 10.9 Å². The number of nitrogens with two attached hydrogens (primary N) is 1. The van der Waals surface area contributed by atoms with E-state index in [9.17, 15) is 4.79 Å². The Morgan fingerprint density at radius 2 is 2.29 bits per heavy atom. The number of thiazole rings is 1. The summed E-state index contributed by atoms with van der Waals surface area (Å²) in [7, 11) is 0. The van der Waals surface area contributed by atoms with Gasteiger partial charge in [-0.15, -0.1) is 0 Å². The van der Waals surface area contributed by atoms with Crippen LogP contribution in [0.15, 0.2) is 0 Å². The van der Waals surface area contributed by atoms with Crippen molar-refractivity contribution >= 4 is 28.2 Å². The number of ether oxygens (including phenoxy) is 1. The molecule has 1 aliphatic heterocycles. The number of nitrogens with zero attached hydrogens (tertiary/aromatic N) is 2. The summed E-state index contributed by atoms with van der Waals surface area (Å²) in [4.78, 5) is 19.1. The summed E-state index contributed by atoms with van der Waals surface area (Å²) >= 11 is 1.35. The van der Waals surface area contributed by atoms with Gasteiger partial charge in [0.05, 0.1) is 6.10 Å². The lowest BCUT2D eigenvalue weighted by molar-refractivity contribution is 0.0911. The van der Waals surface area contributed by atoms with Gasteiger partial charge >= 0.3 is 0 Å². The fourth-order valence-electron chi connectivity index (χ4n) is 2.41. The number of anilines is 2. The van der Waals surface area contributed by atoms with Crippen LogP contribution in [0, 0.1) is 0 Å². The van der Waals surface area contributed by atoms with E-state index in [4.69, 9.17) is 10.5 Å². The Balaban J connectivity index is 1.89. The number of hydrogen-bond acceptors (Lipinski definition) is 6. The zero-order valence-electron chi connectivity index (χ0n) is 12.7. The SMILES string of the molecule is CCN(CC)c1nc(N)c(C(=O)NCCC2CCCO2)s1. The van der Waals surface area contributed by atoms with E-state index < -0.39 is 0 Å². The van der Waals surface area contributed by atoms with E-state index in [1.165, 1.54) is 11.3 Å². The Kier molecular flexibility index (Phi) is 5.81. The topological polar surface area (TPSA) is 80.5 Å². The highest BCUT2D eigenvalue weighted by Gasteiger charge is 2.19. The van der Waals surface area contributed by atoms with Crippen molar-refractivity contribution in [2.45, 2.75) is 39.2 Å². The molecule has 21 heavy (non-hydrogen) atoms. The standard InChI is InChI=1S/C14H24N4O2S/c1-3-18(4-2)14-17-12(15)11(21-14)13(19)16-8-7-10-6-5-9-20-10/h10H,3-9,15H2,1-2H3,(H,16,19). The van der Waals surface area contributed by atoms with Crippen LogP contribution in [-0.4, -0.2) is 43.2 Å². The van der Waals surface area contributed by atoms with Gasteiger partial charge in [-0.1, -0.05) is 11.3 Å². The van der Waals surface area contributed by atoms with Crippen molar-refractivity contribution in [3.8, 4) is 0 Å². The first-order chi connectivity index (χ1) is 10.2. The number of nitrogens with one attached hydrogen (secondary N) is 1. The minimum Gasteiger partial charge on any atom is -0.382 e. The third kappa shape index (κ3) is 4.07. The van der Waals surface area contributed by atoms with E-state index in [2.05, 4.69) is 29.0 Å². The van der Waals surface area contributed by atoms with Crippen molar-refractivity contribution in [1.82, 2.24) is 10.3 Å². The third-order valence-corrected chi connectivity index (χ3v) is 4.79. The summed E-state index contributed by atoms with van der Waals surface area (Å²) in [5.74, 6) is 0.179. The molecule has 1 aromatic heterocycles. The summed E-state index contributed by atoms with van der Waals surface area (Å²) < 4.78 is 5.54. The highest BCUT2D eigenvalue weighted by atomic mass is 32.1. The van der Waals surface area contributed by atoms with Gasteiger partial charge in [0.15, 0.2) is 5.13 Å². The highest BCUT2D eigenvalue weighted by molar-refractivity contribution is 7.18. The quantitative estimate of drug-likeness (QED) is 0.803. The molecular formula is C14H24N4O2S. The van der Waals surface area contributed by atoms with Crippen molar-refractivity contribution < 1.29 is 9.53 Å². The lowest BCUT2D eigenvalue weighted by atomic mass is 10.2. The first kappa shape index (κ1) is 16.0. The molecular weight excluding hydrogens is 288 g/mol. The minimum absolute atomic E-state index is 0.138. The molecule has 1 saturated heterocycles. The van der Waals surface area contributed by atoms with Crippen molar-refractivity contribution in [3.63, 3.8) is 0 Å². The smallest absolute Gasteiger partial charge is 0.265 e. The molecule has 0 radical (unpaired) electrons. The van der Waals surface area contributed by atoms with Crippen molar-refractivity contribution in [3.05, 3.63) is 4.88 Å². The molecule has 0 aromatic carbocycles. The zero-order chi connectivity index (χ0) is 15.2. The van der Waals surface area contributed by atoms with Crippen LogP contribution >= 0.6 is 11.3 Å². The fraction of sp³-hybridized carbons (Fsp3) is 0.714. The van der Waals surface area contributed by atoms with Crippen molar-refractivity contribution in [1.29, 1.82) is 0 Å². The van der Waals surface area contributed by atoms with Gasteiger partial charge in [-0.25, -0.2) is 4.98 Å². The van der Waals surface area contributed by atoms with E-state index in [0.717, 1.165) is 44.1 Å². The molecule has 0 saturated carbocycles. The molecule has 1 aromatic rings. The first-order valence-corrected chi connectivity index (χ1v) is 8.38. The number of aromatic nitrogens is 1. The molecule has 1 atom stereocenters. The average molecular weight is 312 g/mol. The van der Waals surface area contributed by atoms with Crippen LogP contribution in [0.3, 0.4) is 0 Å². The van der Waals surface area contributed by atoms with Gasteiger partial charge in [0.1, 0.15) is 10.7 Å². The summed E-state index contributed by atoms with van der Waals surface area (Å²) in [5.41, 5.74) is 5.87. The van der Waals surface area contributed by atoms with E-state index >= 15 is 0 Å². The first-order valence-electron chi connectivity index (χ1n) is 7.56. The van der Waals surface area contributed by atoms with Gasteiger partial charge in [-0.2, -0.15) is 0 Å². The molecule has 0 bridgehead atoms. The zero-order valence-corrected chi connectivity index (χ0v) is 13.5. The lowest BCUT2D eigenvalue weighted by Crippen LogP contribution is -2.27. The molecule has 0 spiro atoms. The van der Waals surface area contributed by atoms with E-state index in [0.29, 0.717) is 17.2 Å². The van der Waals surface area contributed by atoms with Gasteiger partial charge in [0.25, 0.3) is 5.91 Å². The maximum atomic E-state index is 12.2. The summed E-state index contributed by atoms with van der Waals surface area (Å²) in [6, 6.07) is 0. The van der Waals surface area contributed by atoms with E-state index in [1.807, 2.05) is 0 Å². The van der Waals surface area contributed by atoms with Crippen LogP contribution in [0.25, 0.3) is 0 Å². The maximum Gasteiger partial charge on any atom is 0.265 e. The molecule has 118 valence electrons. The Hall–Kier alpha value is -1.34. The molecule has 1 fully saturated rings. The fourth-order valence-corrected chi connectivity index (χ4v) is 3.44. The maximum absolute atomic E-state index is 12.2. The molecule has 6 nitrogen and oxygen atoms in total. The van der Waals surface area contributed by atoms with Crippen LogP contribution in [0.5, 0.6) is 0 Å². The van der Waals surface area contributed by atoms with Crippen molar-refractivity contribution in [2.75, 3.05) is 36.9 Å². The monoisotopic (exact) mass is 312 g/mol. The Labute approximate surface area is 129 Å². The van der Waals surface area contributed by atoms with Crippen LogP contribution in [0.2, 0.25) is 0 Å². The molecule has 0 aliphatic carbocycles. The molecule has 2 heterocycles. The van der Waals surface area contributed by atoms with Crippen molar-refractivity contribution in [2.24, 2.45) is 0 Å². The molecule has 2 rings (SSSR count). The summed E-state index contributed by atoms with van der Waals surface area (Å²) in [5, 5.41) is 3.72. The molecule has 1 unspecified atom stereocenters. The van der Waals surface area contributed by atoms with Gasteiger partial charge in [-0.3, -0.25) is 4.79 Å². The van der Waals surface area contributed by atoms with Gasteiger partial charge < -0.3 is 20.7 Å². The summed E-state index contributed by atoms with van der Waals surface area (Å²) in [6.45, 7) is 7.27.